The lowest BCUT2D eigenvalue weighted by atomic mass is 9.87. The molecule has 0 N–H and O–H groups in total. The van der Waals surface area contributed by atoms with Gasteiger partial charge in [0, 0.05) is 24.3 Å². The van der Waals surface area contributed by atoms with Gasteiger partial charge in [0.15, 0.2) is 0 Å². The SMILES string of the molecule is CN(Cc1cnn(-c2ccccc2)c1)[C@@H]1CCCc2ccccc21. The van der Waals surface area contributed by atoms with Crippen LogP contribution in [0.4, 0.5) is 0 Å². The summed E-state index contributed by atoms with van der Waals surface area (Å²) in [7, 11) is 2.23. The Bertz CT molecular complexity index is 807. The van der Waals surface area contributed by atoms with Gasteiger partial charge in [-0.3, -0.25) is 4.90 Å². The molecule has 3 nitrogen and oxygen atoms in total. The molecule has 0 saturated carbocycles. The summed E-state index contributed by atoms with van der Waals surface area (Å²) in [6.45, 7) is 0.922. The van der Waals surface area contributed by atoms with Crippen LogP contribution in [0.25, 0.3) is 5.69 Å². The molecule has 1 heterocycles. The first-order valence-corrected chi connectivity index (χ1v) is 8.68. The number of para-hydroxylation sites is 1. The Morgan fingerprint density at radius 1 is 1.08 bits per heavy atom. The van der Waals surface area contributed by atoms with Crippen LogP contribution in [0, 0.1) is 0 Å². The predicted molar refractivity (Wildman–Crippen MR) is 97.2 cm³/mol. The molecule has 0 saturated heterocycles. The van der Waals surface area contributed by atoms with Crippen LogP contribution in [0.15, 0.2) is 67.0 Å². The molecule has 1 aliphatic carbocycles. The molecule has 3 aromatic rings. The number of nitrogens with zero attached hydrogens (tertiary/aromatic N) is 3. The zero-order valence-electron chi connectivity index (χ0n) is 14.1. The van der Waals surface area contributed by atoms with Crippen molar-refractivity contribution in [3.8, 4) is 5.69 Å². The Labute approximate surface area is 143 Å². The molecular weight excluding hydrogens is 294 g/mol. The van der Waals surface area contributed by atoms with Crippen LogP contribution in [0.2, 0.25) is 0 Å². The molecule has 0 amide bonds. The molecule has 1 aromatic heterocycles. The van der Waals surface area contributed by atoms with Gasteiger partial charge in [-0.1, -0.05) is 42.5 Å². The number of fused-ring (bicyclic) bond motifs is 1. The second kappa shape index (κ2) is 6.62. The first kappa shape index (κ1) is 15.2. The highest BCUT2D eigenvalue weighted by atomic mass is 15.3. The molecule has 0 spiro atoms. The molecule has 0 fully saturated rings. The van der Waals surface area contributed by atoms with Gasteiger partial charge < -0.3 is 0 Å². The van der Waals surface area contributed by atoms with E-state index in [1.165, 1.54) is 36.0 Å². The van der Waals surface area contributed by atoms with Crippen LogP contribution in [-0.4, -0.2) is 21.7 Å². The second-order valence-corrected chi connectivity index (χ2v) is 6.65. The monoisotopic (exact) mass is 317 g/mol. The molecule has 3 heteroatoms. The Hall–Kier alpha value is -2.39. The fraction of sp³-hybridized carbons (Fsp3) is 0.286. The summed E-state index contributed by atoms with van der Waals surface area (Å²) in [5.74, 6) is 0. The topological polar surface area (TPSA) is 21.1 Å². The Balaban J connectivity index is 1.51. The van der Waals surface area contributed by atoms with Gasteiger partial charge in [-0.05, 0) is 49.6 Å². The molecule has 0 aliphatic heterocycles. The summed E-state index contributed by atoms with van der Waals surface area (Å²) in [4.78, 5) is 2.46. The van der Waals surface area contributed by atoms with Gasteiger partial charge in [0.05, 0.1) is 11.9 Å². The van der Waals surface area contributed by atoms with Gasteiger partial charge in [0.1, 0.15) is 0 Å². The average Bonchev–Trinajstić information content (AvgIpc) is 3.10. The van der Waals surface area contributed by atoms with Crippen molar-refractivity contribution in [2.75, 3.05) is 7.05 Å². The van der Waals surface area contributed by atoms with Gasteiger partial charge >= 0.3 is 0 Å². The van der Waals surface area contributed by atoms with Crippen LogP contribution in [0.1, 0.15) is 35.6 Å². The van der Waals surface area contributed by atoms with E-state index in [-0.39, 0.29) is 0 Å². The van der Waals surface area contributed by atoms with E-state index in [4.69, 9.17) is 0 Å². The van der Waals surface area contributed by atoms with E-state index in [9.17, 15) is 0 Å². The van der Waals surface area contributed by atoms with Crippen molar-refractivity contribution < 1.29 is 0 Å². The molecule has 2 aromatic carbocycles. The number of hydrogen-bond donors (Lipinski definition) is 0. The maximum absolute atomic E-state index is 4.52. The third-order valence-corrected chi connectivity index (χ3v) is 4.96. The van der Waals surface area contributed by atoms with Crippen molar-refractivity contribution in [2.45, 2.75) is 31.8 Å². The van der Waals surface area contributed by atoms with Crippen molar-refractivity contribution in [3.63, 3.8) is 0 Å². The number of benzene rings is 2. The van der Waals surface area contributed by atoms with Crippen molar-refractivity contribution in [1.29, 1.82) is 0 Å². The van der Waals surface area contributed by atoms with E-state index in [1.54, 1.807) is 0 Å². The molecule has 4 rings (SSSR count). The van der Waals surface area contributed by atoms with E-state index in [0.29, 0.717) is 6.04 Å². The summed E-state index contributed by atoms with van der Waals surface area (Å²) in [5, 5.41) is 4.52. The number of hydrogen-bond acceptors (Lipinski definition) is 2. The van der Waals surface area contributed by atoms with E-state index < -0.39 is 0 Å². The van der Waals surface area contributed by atoms with E-state index >= 15 is 0 Å². The van der Waals surface area contributed by atoms with Gasteiger partial charge in [-0.15, -0.1) is 0 Å². The Morgan fingerprint density at radius 2 is 1.88 bits per heavy atom. The lowest BCUT2D eigenvalue weighted by molar-refractivity contribution is 0.213. The fourth-order valence-corrected chi connectivity index (χ4v) is 3.75. The summed E-state index contributed by atoms with van der Waals surface area (Å²) in [6.07, 6.45) is 7.85. The maximum atomic E-state index is 4.52. The Kier molecular flexibility index (Phi) is 4.18. The van der Waals surface area contributed by atoms with E-state index in [1.807, 2.05) is 29.1 Å². The van der Waals surface area contributed by atoms with E-state index in [2.05, 4.69) is 59.6 Å². The molecule has 1 aliphatic rings. The van der Waals surface area contributed by atoms with Gasteiger partial charge in [0.25, 0.3) is 0 Å². The summed E-state index contributed by atoms with van der Waals surface area (Å²) >= 11 is 0. The lowest BCUT2D eigenvalue weighted by Crippen LogP contribution is -2.27. The number of aryl methyl sites for hydroxylation is 1. The average molecular weight is 317 g/mol. The maximum Gasteiger partial charge on any atom is 0.0645 e. The van der Waals surface area contributed by atoms with Crippen LogP contribution in [0.3, 0.4) is 0 Å². The van der Waals surface area contributed by atoms with Crippen LogP contribution < -0.4 is 0 Å². The quantitative estimate of drug-likeness (QED) is 0.712. The van der Waals surface area contributed by atoms with Crippen molar-refractivity contribution >= 4 is 0 Å². The summed E-state index contributed by atoms with van der Waals surface area (Å²) in [5.41, 5.74) is 5.38. The number of aromatic nitrogens is 2. The minimum absolute atomic E-state index is 0.509. The van der Waals surface area contributed by atoms with Gasteiger partial charge in [-0.25, -0.2) is 4.68 Å². The van der Waals surface area contributed by atoms with Crippen molar-refractivity contribution in [1.82, 2.24) is 14.7 Å². The second-order valence-electron chi connectivity index (χ2n) is 6.65. The zero-order chi connectivity index (χ0) is 16.4. The molecule has 0 bridgehead atoms. The first-order chi connectivity index (χ1) is 11.8. The smallest absolute Gasteiger partial charge is 0.0645 e. The highest BCUT2D eigenvalue weighted by molar-refractivity contribution is 5.33. The molecule has 1 atom stereocenters. The van der Waals surface area contributed by atoms with Crippen LogP contribution >= 0.6 is 0 Å². The van der Waals surface area contributed by atoms with Crippen LogP contribution in [-0.2, 0) is 13.0 Å². The largest absolute Gasteiger partial charge is 0.295 e. The predicted octanol–water partition coefficient (Wildman–Crippen LogP) is 4.38. The van der Waals surface area contributed by atoms with Crippen LogP contribution in [0.5, 0.6) is 0 Å². The molecule has 0 radical (unpaired) electrons. The molecular formula is C21H23N3. The van der Waals surface area contributed by atoms with Crippen molar-refractivity contribution in [2.24, 2.45) is 0 Å². The Morgan fingerprint density at radius 3 is 2.75 bits per heavy atom. The summed E-state index contributed by atoms with van der Waals surface area (Å²) < 4.78 is 1.96. The third-order valence-electron chi connectivity index (χ3n) is 4.96. The highest BCUT2D eigenvalue weighted by Crippen LogP contribution is 2.34. The third kappa shape index (κ3) is 3.00. The highest BCUT2D eigenvalue weighted by Gasteiger charge is 2.23. The molecule has 24 heavy (non-hydrogen) atoms. The fourth-order valence-electron chi connectivity index (χ4n) is 3.75. The van der Waals surface area contributed by atoms with Gasteiger partial charge in [-0.2, -0.15) is 5.10 Å². The lowest BCUT2D eigenvalue weighted by Gasteiger charge is -2.33. The van der Waals surface area contributed by atoms with Crippen molar-refractivity contribution in [3.05, 3.63) is 83.7 Å². The molecule has 122 valence electrons. The molecule has 0 unspecified atom stereocenters. The van der Waals surface area contributed by atoms with E-state index in [0.717, 1.165) is 12.2 Å². The van der Waals surface area contributed by atoms with Gasteiger partial charge in [0.2, 0.25) is 0 Å². The minimum Gasteiger partial charge on any atom is -0.295 e. The standard InChI is InChI=1S/C21H23N3/c1-23(21-13-7-9-18-8-5-6-12-20(18)21)15-17-14-22-24(16-17)19-10-3-2-4-11-19/h2-6,8,10-12,14,16,21H,7,9,13,15H2,1H3/t21-/m1/s1. The summed E-state index contributed by atoms with van der Waals surface area (Å²) in [6, 6.07) is 19.7. The minimum atomic E-state index is 0.509. The number of rotatable bonds is 4. The normalized spacial score (nSPS) is 17.0. The zero-order valence-corrected chi connectivity index (χ0v) is 14.1. The first-order valence-electron chi connectivity index (χ1n) is 8.68.